The highest BCUT2D eigenvalue weighted by molar-refractivity contribution is 5.98. The molecule has 1 aliphatic heterocycles. The third-order valence-electron chi connectivity index (χ3n) is 5.16. The van der Waals surface area contributed by atoms with Gasteiger partial charge in [-0.05, 0) is 61.8 Å². The second kappa shape index (κ2) is 10.4. The largest absolute Gasteiger partial charge is 0.435 e. The number of piperidine rings is 1. The number of hydrogen-bond donors (Lipinski definition) is 1. The van der Waals surface area contributed by atoms with Gasteiger partial charge in [0, 0.05) is 12.5 Å². The number of hydrogen-bond acceptors (Lipinski definition) is 4. The zero-order valence-corrected chi connectivity index (χ0v) is 16.6. The van der Waals surface area contributed by atoms with Crippen LogP contribution in [0.3, 0.4) is 0 Å². The van der Waals surface area contributed by atoms with Crippen LogP contribution < -0.4 is 10.1 Å². The molecular weight excluding hydrogens is 416 g/mol. The van der Waals surface area contributed by atoms with E-state index in [-0.39, 0.29) is 30.3 Å². The molecule has 0 aromatic heterocycles. The lowest BCUT2D eigenvalue weighted by atomic mass is 9.88. The number of alkyl halides is 2. The topological polar surface area (TPSA) is 58.6 Å². The van der Waals surface area contributed by atoms with E-state index in [9.17, 15) is 27.2 Å². The number of carbonyl (C=O) groups excluding carboxylic acids is 2. The van der Waals surface area contributed by atoms with Crippen molar-refractivity contribution in [2.75, 3.05) is 19.6 Å². The molecule has 166 valence electrons. The number of rotatable bonds is 8. The van der Waals surface area contributed by atoms with Crippen LogP contribution >= 0.6 is 0 Å². The summed E-state index contributed by atoms with van der Waals surface area (Å²) >= 11 is 0. The monoisotopic (exact) mass is 438 g/mol. The molecule has 0 saturated carbocycles. The van der Waals surface area contributed by atoms with Crippen LogP contribution in [0.2, 0.25) is 0 Å². The van der Waals surface area contributed by atoms with E-state index in [0.717, 1.165) is 23.8 Å². The van der Waals surface area contributed by atoms with Crippen molar-refractivity contribution >= 4 is 11.7 Å². The fourth-order valence-corrected chi connectivity index (χ4v) is 3.51. The molecule has 2 aromatic carbocycles. The van der Waals surface area contributed by atoms with Crippen LogP contribution in [0.4, 0.5) is 17.6 Å². The highest BCUT2D eigenvalue weighted by Gasteiger charge is 2.28. The summed E-state index contributed by atoms with van der Waals surface area (Å²) < 4.78 is 55.7. The number of amides is 1. The summed E-state index contributed by atoms with van der Waals surface area (Å²) in [5, 5.41) is 2.75. The zero-order chi connectivity index (χ0) is 22.4. The Kier molecular flexibility index (Phi) is 7.62. The number of ketones is 1. The average molecular weight is 438 g/mol. The Bertz CT molecular complexity index is 913. The van der Waals surface area contributed by atoms with Crippen molar-refractivity contribution in [3.63, 3.8) is 0 Å². The predicted molar refractivity (Wildman–Crippen MR) is 105 cm³/mol. The van der Waals surface area contributed by atoms with Crippen molar-refractivity contribution in [3.05, 3.63) is 65.2 Å². The molecule has 1 saturated heterocycles. The van der Waals surface area contributed by atoms with Gasteiger partial charge in [0.25, 0.3) is 0 Å². The second-order valence-corrected chi connectivity index (χ2v) is 7.34. The maximum absolute atomic E-state index is 13.8. The van der Waals surface area contributed by atoms with E-state index < -0.39 is 29.9 Å². The predicted octanol–water partition coefficient (Wildman–Crippen LogP) is 3.78. The highest BCUT2D eigenvalue weighted by atomic mass is 19.3. The summed E-state index contributed by atoms with van der Waals surface area (Å²) in [7, 11) is 0. The van der Waals surface area contributed by atoms with E-state index in [1.807, 2.05) is 4.90 Å². The Morgan fingerprint density at radius 1 is 1.06 bits per heavy atom. The van der Waals surface area contributed by atoms with E-state index in [1.165, 1.54) is 12.1 Å². The van der Waals surface area contributed by atoms with Gasteiger partial charge in [0.1, 0.15) is 17.4 Å². The van der Waals surface area contributed by atoms with Gasteiger partial charge in [-0.1, -0.05) is 12.1 Å². The van der Waals surface area contributed by atoms with Crippen LogP contribution in [0, 0.1) is 17.6 Å². The molecule has 0 radical (unpaired) electrons. The molecule has 1 heterocycles. The van der Waals surface area contributed by atoms with E-state index in [1.54, 1.807) is 12.1 Å². The summed E-state index contributed by atoms with van der Waals surface area (Å²) in [4.78, 5) is 26.6. The summed E-state index contributed by atoms with van der Waals surface area (Å²) in [6, 6.07) is 8.80. The standard InChI is InChI=1S/C22H22F4N2O3/c23-16-3-6-19(24)18(11-16)21(30)15-7-9-28(10-8-15)13-20(29)27-12-14-1-4-17(5-2-14)31-22(25)26/h1-6,11,15,22H,7-10,12-13H2,(H,27,29). The smallest absolute Gasteiger partial charge is 0.387 e. The number of Topliss-reactive ketones (excluding diaryl/α,β-unsaturated/α-hetero) is 1. The lowest BCUT2D eigenvalue weighted by Crippen LogP contribution is -2.42. The van der Waals surface area contributed by atoms with Crippen molar-refractivity contribution in [1.29, 1.82) is 0 Å². The lowest BCUT2D eigenvalue weighted by molar-refractivity contribution is -0.122. The van der Waals surface area contributed by atoms with Crippen LogP contribution in [-0.4, -0.2) is 42.8 Å². The van der Waals surface area contributed by atoms with E-state index in [0.29, 0.717) is 25.9 Å². The molecule has 1 N–H and O–H groups in total. The Morgan fingerprint density at radius 2 is 1.74 bits per heavy atom. The number of benzene rings is 2. The van der Waals surface area contributed by atoms with Crippen molar-refractivity contribution in [2.24, 2.45) is 5.92 Å². The number of ether oxygens (including phenoxy) is 1. The van der Waals surface area contributed by atoms with Gasteiger partial charge in [-0.25, -0.2) is 8.78 Å². The summed E-state index contributed by atoms with van der Waals surface area (Å²) in [5.41, 5.74) is 0.498. The number of halogens is 4. The Hall–Kier alpha value is -2.94. The van der Waals surface area contributed by atoms with Crippen molar-refractivity contribution < 1.29 is 31.9 Å². The number of likely N-dealkylation sites (tertiary alicyclic amines) is 1. The van der Waals surface area contributed by atoms with Gasteiger partial charge in [0.05, 0.1) is 12.1 Å². The van der Waals surface area contributed by atoms with Gasteiger partial charge < -0.3 is 10.1 Å². The molecule has 9 heteroatoms. The molecule has 31 heavy (non-hydrogen) atoms. The van der Waals surface area contributed by atoms with Crippen LogP contribution in [0.5, 0.6) is 5.75 Å². The quantitative estimate of drug-likeness (QED) is 0.504. The molecule has 0 unspecified atom stereocenters. The first kappa shape index (κ1) is 22.7. The summed E-state index contributed by atoms with van der Waals surface area (Å²) in [5.74, 6) is -2.39. The third kappa shape index (κ3) is 6.52. The van der Waals surface area contributed by atoms with Gasteiger partial charge in [-0.3, -0.25) is 14.5 Å². The SMILES string of the molecule is O=C(CN1CCC(C(=O)c2cc(F)ccc2F)CC1)NCc1ccc(OC(F)F)cc1. The molecule has 0 aliphatic carbocycles. The van der Waals surface area contributed by atoms with Gasteiger partial charge in [0.15, 0.2) is 5.78 Å². The molecule has 0 bridgehead atoms. The first-order valence-electron chi connectivity index (χ1n) is 9.84. The van der Waals surface area contributed by atoms with Crippen LogP contribution in [0.15, 0.2) is 42.5 Å². The third-order valence-corrected chi connectivity index (χ3v) is 5.16. The first-order valence-corrected chi connectivity index (χ1v) is 9.84. The number of carbonyl (C=O) groups is 2. The fourth-order valence-electron chi connectivity index (χ4n) is 3.51. The van der Waals surface area contributed by atoms with E-state index in [2.05, 4.69) is 10.1 Å². The fraction of sp³-hybridized carbons (Fsp3) is 0.364. The maximum Gasteiger partial charge on any atom is 0.387 e. The molecule has 2 aromatic rings. The number of nitrogens with one attached hydrogen (secondary N) is 1. The number of nitrogens with zero attached hydrogens (tertiary/aromatic N) is 1. The van der Waals surface area contributed by atoms with Gasteiger partial charge in [-0.15, -0.1) is 0 Å². The van der Waals surface area contributed by atoms with Gasteiger partial charge >= 0.3 is 6.61 Å². The lowest BCUT2D eigenvalue weighted by Gasteiger charge is -2.30. The Morgan fingerprint density at radius 3 is 2.39 bits per heavy atom. The Labute approximate surface area is 177 Å². The molecule has 5 nitrogen and oxygen atoms in total. The molecular formula is C22H22F4N2O3. The van der Waals surface area contributed by atoms with Crippen LogP contribution in [0.1, 0.15) is 28.8 Å². The maximum atomic E-state index is 13.8. The highest BCUT2D eigenvalue weighted by Crippen LogP contribution is 2.23. The minimum atomic E-state index is -2.89. The van der Waals surface area contributed by atoms with Crippen molar-refractivity contribution in [1.82, 2.24) is 10.2 Å². The zero-order valence-electron chi connectivity index (χ0n) is 16.6. The summed E-state index contributed by atoms with van der Waals surface area (Å²) in [6.45, 7) is -1.54. The van der Waals surface area contributed by atoms with Crippen molar-refractivity contribution in [2.45, 2.75) is 26.0 Å². The average Bonchev–Trinajstić information content (AvgIpc) is 2.74. The minimum absolute atomic E-state index is 0.0422. The van der Waals surface area contributed by atoms with Gasteiger partial charge in [0.2, 0.25) is 5.91 Å². The van der Waals surface area contributed by atoms with Crippen LogP contribution in [0.25, 0.3) is 0 Å². The minimum Gasteiger partial charge on any atom is -0.435 e. The first-order chi connectivity index (χ1) is 14.8. The van der Waals surface area contributed by atoms with E-state index >= 15 is 0 Å². The molecule has 0 spiro atoms. The van der Waals surface area contributed by atoms with Gasteiger partial charge in [-0.2, -0.15) is 8.78 Å². The molecule has 0 atom stereocenters. The van der Waals surface area contributed by atoms with Crippen molar-refractivity contribution in [3.8, 4) is 5.75 Å². The van der Waals surface area contributed by atoms with E-state index in [4.69, 9.17) is 0 Å². The molecule has 1 amide bonds. The van der Waals surface area contributed by atoms with Crippen LogP contribution in [-0.2, 0) is 11.3 Å². The normalized spacial score (nSPS) is 15.1. The molecule has 1 fully saturated rings. The molecule has 1 aliphatic rings. The second-order valence-electron chi connectivity index (χ2n) is 7.34. The summed E-state index contributed by atoms with van der Waals surface area (Å²) in [6.07, 6.45) is 0.904. The Balaban J connectivity index is 1.42. The molecule has 3 rings (SSSR count).